The first-order chi connectivity index (χ1) is 11.8. The average Bonchev–Trinajstić information content (AvgIpc) is 2.55. The highest BCUT2D eigenvalue weighted by Gasteiger charge is 2.12. The number of nitrogens with one attached hydrogen (secondary N) is 1. The summed E-state index contributed by atoms with van der Waals surface area (Å²) in [6.45, 7) is -1.07. The molecule has 0 heterocycles. The Bertz CT molecular complexity index is 801. The Morgan fingerprint density at radius 2 is 1.68 bits per heavy atom. The second-order valence-electron chi connectivity index (χ2n) is 4.70. The van der Waals surface area contributed by atoms with Crippen molar-refractivity contribution >= 4 is 52.4 Å². The van der Waals surface area contributed by atoms with Crippen LogP contribution in [0.1, 0.15) is 0 Å². The molecule has 0 aromatic heterocycles. The molecular formula is C16H11Cl3FNO4. The molecule has 5 nitrogen and oxygen atoms in total. The van der Waals surface area contributed by atoms with Crippen LogP contribution in [-0.2, 0) is 14.3 Å². The lowest BCUT2D eigenvalue weighted by Gasteiger charge is -2.09. The highest BCUT2D eigenvalue weighted by Crippen LogP contribution is 2.27. The predicted molar refractivity (Wildman–Crippen MR) is 93.0 cm³/mol. The molecule has 1 amide bonds. The fraction of sp³-hybridized carbons (Fsp3) is 0.125. The van der Waals surface area contributed by atoms with Gasteiger partial charge in [-0.3, -0.25) is 4.79 Å². The van der Waals surface area contributed by atoms with E-state index in [0.717, 1.165) is 6.07 Å². The zero-order valence-electron chi connectivity index (χ0n) is 12.5. The highest BCUT2D eigenvalue weighted by atomic mass is 35.5. The first-order valence-electron chi connectivity index (χ1n) is 6.83. The number of carbonyl (C=O) groups excluding carboxylic acids is 2. The summed E-state index contributed by atoms with van der Waals surface area (Å²) in [6, 6.07) is 8.17. The molecule has 25 heavy (non-hydrogen) atoms. The van der Waals surface area contributed by atoms with E-state index in [2.05, 4.69) is 5.32 Å². The molecule has 2 aromatic carbocycles. The minimum absolute atomic E-state index is 0.113. The van der Waals surface area contributed by atoms with Crippen molar-refractivity contribution in [1.82, 2.24) is 0 Å². The zero-order chi connectivity index (χ0) is 18.4. The number of carbonyl (C=O) groups is 2. The van der Waals surface area contributed by atoms with Crippen LogP contribution in [0.4, 0.5) is 10.1 Å². The van der Waals surface area contributed by atoms with Gasteiger partial charge in [0.2, 0.25) is 0 Å². The Morgan fingerprint density at radius 1 is 1.00 bits per heavy atom. The predicted octanol–water partition coefficient (Wildman–Crippen LogP) is 4.35. The maximum absolute atomic E-state index is 13.5. The number of hydrogen-bond acceptors (Lipinski definition) is 4. The van der Waals surface area contributed by atoms with Gasteiger partial charge in [-0.25, -0.2) is 9.18 Å². The van der Waals surface area contributed by atoms with Gasteiger partial charge < -0.3 is 14.8 Å². The van der Waals surface area contributed by atoms with Gasteiger partial charge >= 0.3 is 5.97 Å². The van der Waals surface area contributed by atoms with E-state index in [1.165, 1.54) is 24.3 Å². The lowest BCUT2D eigenvalue weighted by molar-refractivity contribution is -0.149. The SMILES string of the molecule is O=C(COC(=O)COc1ccc(Cl)cc1Cl)Nc1cc(Cl)ccc1F. The fourth-order valence-electron chi connectivity index (χ4n) is 1.70. The van der Waals surface area contributed by atoms with Crippen molar-refractivity contribution in [2.45, 2.75) is 0 Å². The molecule has 0 bridgehead atoms. The quantitative estimate of drug-likeness (QED) is 0.725. The number of esters is 1. The van der Waals surface area contributed by atoms with Gasteiger partial charge in [0.1, 0.15) is 11.6 Å². The summed E-state index contributed by atoms with van der Waals surface area (Å²) >= 11 is 17.3. The van der Waals surface area contributed by atoms with Crippen molar-refractivity contribution in [3.05, 3.63) is 57.3 Å². The second-order valence-corrected chi connectivity index (χ2v) is 5.98. The van der Waals surface area contributed by atoms with Gasteiger partial charge in [-0.15, -0.1) is 0 Å². The van der Waals surface area contributed by atoms with Crippen molar-refractivity contribution in [3.63, 3.8) is 0 Å². The van der Waals surface area contributed by atoms with Gasteiger partial charge in [-0.1, -0.05) is 34.8 Å². The maximum Gasteiger partial charge on any atom is 0.344 e. The van der Waals surface area contributed by atoms with E-state index < -0.39 is 30.9 Å². The van der Waals surface area contributed by atoms with Gasteiger partial charge in [-0.05, 0) is 36.4 Å². The van der Waals surface area contributed by atoms with Crippen LogP contribution in [0.5, 0.6) is 5.75 Å². The maximum atomic E-state index is 13.5. The van der Waals surface area contributed by atoms with Crippen LogP contribution >= 0.6 is 34.8 Å². The number of hydrogen-bond donors (Lipinski definition) is 1. The summed E-state index contributed by atoms with van der Waals surface area (Å²) in [5, 5.41) is 3.15. The molecule has 2 rings (SSSR count). The normalized spacial score (nSPS) is 10.2. The number of amides is 1. The Kier molecular flexibility index (Phi) is 6.87. The first-order valence-corrected chi connectivity index (χ1v) is 7.97. The summed E-state index contributed by atoms with van der Waals surface area (Å²) < 4.78 is 23.4. The van der Waals surface area contributed by atoms with Crippen LogP contribution < -0.4 is 10.1 Å². The van der Waals surface area contributed by atoms with E-state index in [-0.39, 0.29) is 21.5 Å². The van der Waals surface area contributed by atoms with Gasteiger partial charge in [0, 0.05) is 10.0 Å². The molecule has 0 unspecified atom stereocenters. The molecule has 9 heteroatoms. The first kappa shape index (κ1) is 19.3. The molecule has 0 fully saturated rings. The Balaban J connectivity index is 1.79. The number of benzene rings is 2. The standard InChI is InChI=1S/C16H11Cl3FNO4/c17-9-2-4-14(11(19)5-9)24-8-16(23)25-7-15(22)21-13-6-10(18)1-3-12(13)20/h1-6H,7-8H2,(H,21,22). The third-order valence-corrected chi connectivity index (χ3v) is 3.57. The molecule has 0 aliphatic rings. The van der Waals surface area contributed by atoms with Crippen molar-refractivity contribution in [2.75, 3.05) is 18.5 Å². The molecule has 0 radical (unpaired) electrons. The Hall–Kier alpha value is -2.02. The van der Waals surface area contributed by atoms with Crippen LogP contribution in [0.2, 0.25) is 15.1 Å². The molecule has 0 saturated heterocycles. The van der Waals surface area contributed by atoms with Crippen molar-refractivity contribution in [2.24, 2.45) is 0 Å². The highest BCUT2D eigenvalue weighted by molar-refractivity contribution is 6.35. The molecule has 0 aliphatic heterocycles. The largest absolute Gasteiger partial charge is 0.480 e. The molecule has 0 atom stereocenters. The molecular weight excluding hydrogens is 396 g/mol. The van der Waals surface area contributed by atoms with Crippen molar-refractivity contribution in [1.29, 1.82) is 0 Å². The lowest BCUT2D eigenvalue weighted by atomic mass is 10.3. The van der Waals surface area contributed by atoms with Crippen LogP contribution in [0.15, 0.2) is 36.4 Å². The zero-order valence-corrected chi connectivity index (χ0v) is 14.8. The van der Waals surface area contributed by atoms with Crippen LogP contribution in [0.3, 0.4) is 0 Å². The molecule has 132 valence electrons. The Labute approximate surface area is 157 Å². The van der Waals surface area contributed by atoms with E-state index in [0.29, 0.717) is 5.02 Å². The Morgan fingerprint density at radius 3 is 2.40 bits per heavy atom. The molecule has 0 saturated carbocycles. The summed E-state index contributed by atoms with van der Waals surface area (Å²) in [5.74, 6) is -1.94. The van der Waals surface area contributed by atoms with Gasteiger partial charge in [-0.2, -0.15) is 0 Å². The van der Waals surface area contributed by atoms with Gasteiger partial charge in [0.25, 0.3) is 5.91 Å². The summed E-state index contributed by atoms with van der Waals surface area (Å²) in [6.07, 6.45) is 0. The molecule has 1 N–H and O–H groups in total. The van der Waals surface area contributed by atoms with Crippen LogP contribution in [-0.4, -0.2) is 25.1 Å². The molecule has 2 aromatic rings. The van der Waals surface area contributed by atoms with E-state index in [9.17, 15) is 14.0 Å². The van der Waals surface area contributed by atoms with Crippen molar-refractivity contribution in [3.8, 4) is 5.75 Å². The van der Waals surface area contributed by atoms with E-state index >= 15 is 0 Å². The number of anilines is 1. The topological polar surface area (TPSA) is 64.6 Å². The van der Waals surface area contributed by atoms with Crippen LogP contribution in [0.25, 0.3) is 0 Å². The smallest absolute Gasteiger partial charge is 0.344 e. The minimum Gasteiger partial charge on any atom is -0.480 e. The number of rotatable bonds is 6. The fourth-order valence-corrected chi connectivity index (χ4v) is 2.33. The monoisotopic (exact) mass is 405 g/mol. The molecule has 0 aliphatic carbocycles. The number of halogens is 4. The van der Waals surface area contributed by atoms with Crippen molar-refractivity contribution < 1.29 is 23.5 Å². The second kappa shape index (κ2) is 8.89. The third-order valence-electron chi connectivity index (χ3n) is 2.81. The summed E-state index contributed by atoms with van der Waals surface area (Å²) in [4.78, 5) is 23.3. The lowest BCUT2D eigenvalue weighted by Crippen LogP contribution is -2.24. The average molecular weight is 407 g/mol. The third kappa shape index (κ3) is 6.08. The van der Waals surface area contributed by atoms with Gasteiger partial charge in [0.05, 0.1) is 10.7 Å². The van der Waals surface area contributed by atoms with E-state index in [1.807, 2.05) is 0 Å². The van der Waals surface area contributed by atoms with E-state index in [4.69, 9.17) is 44.3 Å². The summed E-state index contributed by atoms with van der Waals surface area (Å²) in [5.41, 5.74) is -0.113. The minimum atomic E-state index is -0.798. The van der Waals surface area contributed by atoms with Gasteiger partial charge in [0.15, 0.2) is 13.2 Å². The van der Waals surface area contributed by atoms with E-state index in [1.54, 1.807) is 6.07 Å². The number of ether oxygens (including phenoxy) is 2. The van der Waals surface area contributed by atoms with Crippen LogP contribution in [0, 0.1) is 5.82 Å². The summed E-state index contributed by atoms with van der Waals surface area (Å²) in [7, 11) is 0. The molecule has 0 spiro atoms.